The molecule has 0 aromatic carbocycles. The summed E-state index contributed by atoms with van der Waals surface area (Å²) in [4.78, 5) is 2.70. The van der Waals surface area contributed by atoms with Crippen molar-refractivity contribution < 1.29 is 4.74 Å². The lowest BCUT2D eigenvalue weighted by molar-refractivity contribution is -0.00567. The summed E-state index contributed by atoms with van der Waals surface area (Å²) in [6, 6.07) is 0. The first-order valence-corrected chi connectivity index (χ1v) is 7.29. The molecule has 1 saturated carbocycles. The molecular formula is C14H28N2O. The van der Waals surface area contributed by atoms with E-state index in [0.29, 0.717) is 11.6 Å². The van der Waals surface area contributed by atoms with Gasteiger partial charge in [0, 0.05) is 19.2 Å². The highest BCUT2D eigenvalue weighted by Gasteiger charge is 2.39. The monoisotopic (exact) mass is 240 g/mol. The topological polar surface area (TPSA) is 38.5 Å². The molecule has 3 nitrogen and oxygen atoms in total. The Kier molecular flexibility index (Phi) is 4.83. The van der Waals surface area contributed by atoms with E-state index < -0.39 is 0 Å². The molecule has 3 heteroatoms. The number of nitrogens with zero attached hydrogens (tertiary/aromatic N) is 1. The van der Waals surface area contributed by atoms with E-state index in [4.69, 9.17) is 10.5 Å². The predicted molar refractivity (Wildman–Crippen MR) is 71.1 cm³/mol. The Hall–Kier alpha value is -0.120. The summed E-state index contributed by atoms with van der Waals surface area (Å²) in [5, 5.41) is 0. The van der Waals surface area contributed by atoms with Gasteiger partial charge in [-0.2, -0.15) is 0 Å². The van der Waals surface area contributed by atoms with Crippen molar-refractivity contribution in [3.63, 3.8) is 0 Å². The average molecular weight is 240 g/mol. The van der Waals surface area contributed by atoms with Crippen LogP contribution >= 0.6 is 0 Å². The first-order valence-electron chi connectivity index (χ1n) is 7.29. The minimum absolute atomic E-state index is 0.291. The molecule has 0 unspecified atom stereocenters. The molecule has 100 valence electrons. The van der Waals surface area contributed by atoms with Crippen LogP contribution in [0.4, 0.5) is 0 Å². The second-order valence-electron chi connectivity index (χ2n) is 5.76. The first kappa shape index (κ1) is 13.3. The zero-order chi connectivity index (χ0) is 12.1. The zero-order valence-electron chi connectivity index (χ0n) is 11.3. The van der Waals surface area contributed by atoms with Gasteiger partial charge in [0.15, 0.2) is 0 Å². The standard InChI is InChI=1S/C14H28N2O/c1-17-13-6-8-14(12-15,9-7-13)16-10-4-2-3-5-11-16/h13H,2-12,15H2,1H3. The molecule has 2 aliphatic rings. The highest BCUT2D eigenvalue weighted by Crippen LogP contribution is 2.35. The fourth-order valence-corrected chi connectivity index (χ4v) is 3.56. The highest BCUT2D eigenvalue weighted by molar-refractivity contribution is 4.96. The van der Waals surface area contributed by atoms with Crippen LogP contribution in [0.2, 0.25) is 0 Å². The van der Waals surface area contributed by atoms with Crippen LogP contribution in [-0.2, 0) is 4.74 Å². The summed E-state index contributed by atoms with van der Waals surface area (Å²) in [6.45, 7) is 3.34. The molecule has 1 aliphatic heterocycles. The maximum atomic E-state index is 6.12. The van der Waals surface area contributed by atoms with Crippen molar-refractivity contribution in [2.75, 3.05) is 26.7 Å². The first-order chi connectivity index (χ1) is 8.30. The van der Waals surface area contributed by atoms with Crippen molar-refractivity contribution in [1.82, 2.24) is 4.90 Å². The van der Waals surface area contributed by atoms with E-state index in [-0.39, 0.29) is 0 Å². The number of likely N-dealkylation sites (tertiary alicyclic amines) is 1. The van der Waals surface area contributed by atoms with Gasteiger partial charge in [-0.05, 0) is 51.6 Å². The van der Waals surface area contributed by atoms with Gasteiger partial charge >= 0.3 is 0 Å². The molecule has 1 heterocycles. The predicted octanol–water partition coefficient (Wildman–Crippen LogP) is 2.15. The summed E-state index contributed by atoms with van der Waals surface area (Å²) < 4.78 is 5.48. The molecule has 0 spiro atoms. The van der Waals surface area contributed by atoms with Crippen LogP contribution in [-0.4, -0.2) is 43.3 Å². The lowest BCUT2D eigenvalue weighted by atomic mass is 9.78. The number of ether oxygens (including phenoxy) is 1. The van der Waals surface area contributed by atoms with Crippen LogP contribution in [0.25, 0.3) is 0 Å². The zero-order valence-corrected chi connectivity index (χ0v) is 11.3. The second kappa shape index (κ2) is 6.17. The van der Waals surface area contributed by atoms with E-state index in [2.05, 4.69) is 4.90 Å². The van der Waals surface area contributed by atoms with Crippen molar-refractivity contribution >= 4 is 0 Å². The minimum Gasteiger partial charge on any atom is -0.381 e. The number of hydrogen-bond acceptors (Lipinski definition) is 3. The fraction of sp³-hybridized carbons (Fsp3) is 1.00. The van der Waals surface area contributed by atoms with Crippen LogP contribution in [0.3, 0.4) is 0 Å². The molecule has 0 radical (unpaired) electrons. The molecular weight excluding hydrogens is 212 g/mol. The third-order valence-electron chi connectivity index (χ3n) is 4.85. The summed E-state index contributed by atoms with van der Waals surface area (Å²) >= 11 is 0. The van der Waals surface area contributed by atoms with E-state index in [0.717, 1.165) is 6.54 Å². The van der Waals surface area contributed by atoms with E-state index in [9.17, 15) is 0 Å². The number of methoxy groups -OCH3 is 1. The average Bonchev–Trinajstić information content (AvgIpc) is 2.68. The molecule has 2 N–H and O–H groups in total. The van der Waals surface area contributed by atoms with Crippen molar-refractivity contribution in [2.45, 2.75) is 63.0 Å². The van der Waals surface area contributed by atoms with Crippen molar-refractivity contribution in [1.29, 1.82) is 0 Å². The molecule has 17 heavy (non-hydrogen) atoms. The van der Waals surface area contributed by atoms with Crippen molar-refractivity contribution in [2.24, 2.45) is 5.73 Å². The molecule has 2 rings (SSSR count). The fourth-order valence-electron chi connectivity index (χ4n) is 3.56. The Bertz CT molecular complexity index is 216. The van der Waals surface area contributed by atoms with Gasteiger partial charge in [-0.15, -0.1) is 0 Å². The lowest BCUT2D eigenvalue weighted by Crippen LogP contribution is -2.56. The summed E-state index contributed by atoms with van der Waals surface area (Å²) in [5.74, 6) is 0. The van der Waals surface area contributed by atoms with E-state index >= 15 is 0 Å². The SMILES string of the molecule is COC1CCC(CN)(N2CCCCCC2)CC1. The molecule has 0 amide bonds. The van der Waals surface area contributed by atoms with Gasteiger partial charge in [0.2, 0.25) is 0 Å². The molecule has 0 aromatic rings. The minimum atomic E-state index is 0.291. The van der Waals surface area contributed by atoms with Gasteiger partial charge in [-0.25, -0.2) is 0 Å². The summed E-state index contributed by atoms with van der Waals surface area (Å²) in [6.07, 6.45) is 10.8. The maximum Gasteiger partial charge on any atom is 0.0572 e. The van der Waals surface area contributed by atoms with Gasteiger partial charge in [0.1, 0.15) is 0 Å². The Labute approximate surface area is 106 Å². The smallest absolute Gasteiger partial charge is 0.0572 e. The maximum absolute atomic E-state index is 6.12. The lowest BCUT2D eigenvalue weighted by Gasteiger charge is -2.47. The normalized spacial score (nSPS) is 36.7. The molecule has 2 fully saturated rings. The van der Waals surface area contributed by atoms with Gasteiger partial charge in [-0.1, -0.05) is 12.8 Å². The third-order valence-corrected chi connectivity index (χ3v) is 4.85. The second-order valence-corrected chi connectivity index (χ2v) is 5.76. The number of rotatable bonds is 3. The largest absolute Gasteiger partial charge is 0.381 e. The van der Waals surface area contributed by atoms with Crippen LogP contribution in [0.5, 0.6) is 0 Å². The number of hydrogen-bond donors (Lipinski definition) is 1. The van der Waals surface area contributed by atoms with Crippen LogP contribution in [0.15, 0.2) is 0 Å². The summed E-state index contributed by atoms with van der Waals surface area (Å²) in [5.41, 5.74) is 6.42. The highest BCUT2D eigenvalue weighted by atomic mass is 16.5. The Morgan fingerprint density at radius 1 is 1.12 bits per heavy atom. The van der Waals surface area contributed by atoms with Gasteiger partial charge in [-0.3, -0.25) is 4.90 Å². The van der Waals surface area contributed by atoms with Crippen LogP contribution < -0.4 is 5.73 Å². The van der Waals surface area contributed by atoms with E-state index in [1.54, 1.807) is 0 Å². The van der Waals surface area contributed by atoms with E-state index in [1.807, 2.05) is 7.11 Å². The summed E-state index contributed by atoms with van der Waals surface area (Å²) in [7, 11) is 1.84. The third kappa shape index (κ3) is 3.01. The van der Waals surface area contributed by atoms with Crippen LogP contribution in [0.1, 0.15) is 51.4 Å². The van der Waals surface area contributed by atoms with Crippen molar-refractivity contribution in [3.05, 3.63) is 0 Å². The molecule has 1 saturated heterocycles. The molecule has 0 aromatic heterocycles. The molecule has 1 aliphatic carbocycles. The van der Waals surface area contributed by atoms with E-state index in [1.165, 1.54) is 64.5 Å². The Morgan fingerprint density at radius 3 is 2.18 bits per heavy atom. The quantitative estimate of drug-likeness (QED) is 0.821. The van der Waals surface area contributed by atoms with Gasteiger partial charge in [0.05, 0.1) is 6.10 Å². The van der Waals surface area contributed by atoms with Crippen molar-refractivity contribution in [3.8, 4) is 0 Å². The Balaban J connectivity index is 1.98. The molecule has 0 atom stereocenters. The number of nitrogens with two attached hydrogens (primary N) is 1. The van der Waals surface area contributed by atoms with Crippen LogP contribution in [0, 0.1) is 0 Å². The van der Waals surface area contributed by atoms with Gasteiger partial charge < -0.3 is 10.5 Å². The molecule has 0 bridgehead atoms. The van der Waals surface area contributed by atoms with Gasteiger partial charge in [0.25, 0.3) is 0 Å². The Morgan fingerprint density at radius 2 is 1.71 bits per heavy atom.